The molecular weight excluding hydrogens is 346 g/mol. The molecule has 0 spiro atoms. The van der Waals surface area contributed by atoms with Crippen LogP contribution in [-0.4, -0.2) is 34.9 Å². The number of carbonyl (C=O) groups is 1. The van der Waals surface area contributed by atoms with Crippen molar-refractivity contribution >= 4 is 23.3 Å². The van der Waals surface area contributed by atoms with Gasteiger partial charge in [0.05, 0.1) is 0 Å². The first-order valence-corrected chi connectivity index (χ1v) is 9.80. The van der Waals surface area contributed by atoms with Crippen molar-refractivity contribution in [2.45, 2.75) is 45.1 Å². The second-order valence-corrected chi connectivity index (χ2v) is 7.23. The Bertz CT molecular complexity index is 750. The second-order valence-electron chi connectivity index (χ2n) is 6.79. The number of carbonyl (C=O) groups excluding carboxylic acids is 1. The molecule has 0 radical (unpaired) electrons. The van der Waals surface area contributed by atoms with Crippen LogP contribution < -0.4 is 5.32 Å². The highest BCUT2D eigenvalue weighted by molar-refractivity contribution is 6.30. The summed E-state index contributed by atoms with van der Waals surface area (Å²) in [5.41, 5.74) is 1.89. The van der Waals surface area contributed by atoms with Crippen LogP contribution in [0.5, 0.6) is 0 Å². The molecule has 1 aliphatic heterocycles. The molecule has 2 heterocycles. The minimum Gasteiger partial charge on any atom is -0.370 e. The lowest BCUT2D eigenvalue weighted by atomic mass is 9.99. The minimum absolute atomic E-state index is 0.122. The predicted molar refractivity (Wildman–Crippen MR) is 107 cm³/mol. The number of anilines is 1. The summed E-state index contributed by atoms with van der Waals surface area (Å²) in [6.45, 7) is 3.76. The SMILES string of the molecule is CCC1CCCCN1C(=O)c1ccnc(NCCc2cccc(Cl)c2)c1. The number of benzene rings is 1. The number of halogens is 1. The molecule has 0 aliphatic carbocycles. The maximum atomic E-state index is 12.9. The van der Waals surface area contributed by atoms with Crippen LogP contribution in [0.4, 0.5) is 5.82 Å². The molecule has 1 saturated heterocycles. The molecule has 1 amide bonds. The number of hydrogen-bond acceptors (Lipinski definition) is 3. The van der Waals surface area contributed by atoms with Gasteiger partial charge in [-0.15, -0.1) is 0 Å². The molecule has 1 aliphatic rings. The van der Waals surface area contributed by atoms with E-state index in [1.165, 1.54) is 12.0 Å². The van der Waals surface area contributed by atoms with Gasteiger partial charge < -0.3 is 10.2 Å². The van der Waals surface area contributed by atoms with Crippen molar-refractivity contribution < 1.29 is 4.79 Å². The Balaban J connectivity index is 1.61. The summed E-state index contributed by atoms with van der Waals surface area (Å²) in [4.78, 5) is 19.3. The van der Waals surface area contributed by atoms with Crippen LogP contribution in [0.1, 0.15) is 48.5 Å². The molecular formula is C21H26ClN3O. The topological polar surface area (TPSA) is 45.2 Å². The van der Waals surface area contributed by atoms with E-state index in [0.717, 1.165) is 49.6 Å². The Morgan fingerprint density at radius 2 is 2.19 bits per heavy atom. The van der Waals surface area contributed by atoms with Crippen LogP contribution in [0, 0.1) is 0 Å². The Hall–Kier alpha value is -2.07. The first kappa shape index (κ1) is 18.7. The van der Waals surface area contributed by atoms with E-state index in [0.29, 0.717) is 11.6 Å². The number of amides is 1. The molecule has 5 heteroatoms. The average molecular weight is 372 g/mol. The molecule has 26 heavy (non-hydrogen) atoms. The van der Waals surface area contributed by atoms with E-state index in [9.17, 15) is 4.79 Å². The number of nitrogens with zero attached hydrogens (tertiary/aromatic N) is 2. The molecule has 138 valence electrons. The van der Waals surface area contributed by atoms with Gasteiger partial charge in [-0.2, -0.15) is 0 Å². The highest BCUT2D eigenvalue weighted by Gasteiger charge is 2.26. The second kappa shape index (κ2) is 9.04. The smallest absolute Gasteiger partial charge is 0.254 e. The third-order valence-electron chi connectivity index (χ3n) is 4.97. The zero-order valence-electron chi connectivity index (χ0n) is 15.2. The first-order chi connectivity index (χ1) is 12.7. The number of nitrogens with one attached hydrogen (secondary N) is 1. The van der Waals surface area contributed by atoms with Crippen LogP contribution in [0.25, 0.3) is 0 Å². The molecule has 1 N–H and O–H groups in total. The molecule has 1 aromatic heterocycles. The summed E-state index contributed by atoms with van der Waals surface area (Å²) in [7, 11) is 0. The van der Waals surface area contributed by atoms with E-state index in [-0.39, 0.29) is 5.91 Å². The van der Waals surface area contributed by atoms with Crippen molar-refractivity contribution in [3.05, 3.63) is 58.7 Å². The number of aromatic nitrogens is 1. The quantitative estimate of drug-likeness (QED) is 0.793. The van der Waals surface area contributed by atoms with Gasteiger partial charge in [0.25, 0.3) is 5.91 Å². The summed E-state index contributed by atoms with van der Waals surface area (Å²) < 4.78 is 0. The fourth-order valence-corrected chi connectivity index (χ4v) is 3.76. The summed E-state index contributed by atoms with van der Waals surface area (Å²) in [5.74, 6) is 0.861. The molecule has 1 atom stereocenters. The number of likely N-dealkylation sites (tertiary alicyclic amines) is 1. The van der Waals surface area contributed by atoms with Crippen molar-refractivity contribution in [3.8, 4) is 0 Å². The predicted octanol–water partition coefficient (Wildman–Crippen LogP) is 4.79. The lowest BCUT2D eigenvalue weighted by Gasteiger charge is -2.35. The summed E-state index contributed by atoms with van der Waals surface area (Å²) in [6, 6.07) is 11.9. The molecule has 2 aromatic rings. The van der Waals surface area contributed by atoms with E-state index in [1.54, 1.807) is 6.20 Å². The highest BCUT2D eigenvalue weighted by Crippen LogP contribution is 2.22. The summed E-state index contributed by atoms with van der Waals surface area (Å²) in [5, 5.41) is 4.06. The molecule has 3 rings (SSSR count). The van der Waals surface area contributed by atoms with Gasteiger partial charge in [0, 0.05) is 35.9 Å². The maximum Gasteiger partial charge on any atom is 0.254 e. The molecule has 4 nitrogen and oxygen atoms in total. The molecule has 1 fully saturated rings. The summed E-state index contributed by atoms with van der Waals surface area (Å²) in [6.07, 6.45) is 7.00. The molecule has 1 unspecified atom stereocenters. The van der Waals surface area contributed by atoms with Gasteiger partial charge in [0.1, 0.15) is 5.82 Å². The van der Waals surface area contributed by atoms with Crippen LogP contribution in [0.2, 0.25) is 5.02 Å². The third-order valence-corrected chi connectivity index (χ3v) is 5.21. The fourth-order valence-electron chi connectivity index (χ4n) is 3.55. The Morgan fingerprint density at radius 3 is 3.00 bits per heavy atom. The van der Waals surface area contributed by atoms with Crippen LogP contribution >= 0.6 is 11.6 Å². The minimum atomic E-state index is 0.122. The Kier molecular flexibility index (Phi) is 6.51. The van der Waals surface area contributed by atoms with E-state index in [1.807, 2.05) is 35.2 Å². The van der Waals surface area contributed by atoms with Gasteiger partial charge in [-0.1, -0.05) is 30.7 Å². The van der Waals surface area contributed by atoms with E-state index < -0.39 is 0 Å². The monoisotopic (exact) mass is 371 g/mol. The number of piperidine rings is 1. The van der Waals surface area contributed by atoms with Gasteiger partial charge in [-0.25, -0.2) is 4.98 Å². The average Bonchev–Trinajstić information content (AvgIpc) is 2.68. The normalized spacial score (nSPS) is 17.2. The molecule has 1 aromatic carbocycles. The van der Waals surface area contributed by atoms with Gasteiger partial charge in [0.15, 0.2) is 0 Å². The van der Waals surface area contributed by atoms with Gasteiger partial charge >= 0.3 is 0 Å². The lowest BCUT2D eigenvalue weighted by Crippen LogP contribution is -2.43. The van der Waals surface area contributed by atoms with Crippen LogP contribution in [0.15, 0.2) is 42.6 Å². The van der Waals surface area contributed by atoms with E-state index >= 15 is 0 Å². The van der Waals surface area contributed by atoms with Gasteiger partial charge in [-0.05, 0) is 61.9 Å². The number of pyridine rings is 1. The van der Waals surface area contributed by atoms with Crippen molar-refractivity contribution in [2.75, 3.05) is 18.4 Å². The van der Waals surface area contributed by atoms with Crippen molar-refractivity contribution in [1.29, 1.82) is 0 Å². The van der Waals surface area contributed by atoms with Crippen molar-refractivity contribution in [1.82, 2.24) is 9.88 Å². The van der Waals surface area contributed by atoms with E-state index in [2.05, 4.69) is 23.3 Å². The number of rotatable bonds is 6. The van der Waals surface area contributed by atoms with Crippen LogP contribution in [0.3, 0.4) is 0 Å². The van der Waals surface area contributed by atoms with Gasteiger partial charge in [-0.3, -0.25) is 4.79 Å². The van der Waals surface area contributed by atoms with E-state index in [4.69, 9.17) is 11.6 Å². The highest BCUT2D eigenvalue weighted by atomic mass is 35.5. The first-order valence-electron chi connectivity index (χ1n) is 9.42. The van der Waals surface area contributed by atoms with Gasteiger partial charge in [0.2, 0.25) is 0 Å². The maximum absolute atomic E-state index is 12.9. The Morgan fingerprint density at radius 1 is 1.31 bits per heavy atom. The molecule has 0 saturated carbocycles. The summed E-state index contributed by atoms with van der Waals surface area (Å²) >= 11 is 6.02. The zero-order valence-corrected chi connectivity index (χ0v) is 16.0. The fraction of sp³-hybridized carbons (Fsp3) is 0.429. The lowest BCUT2D eigenvalue weighted by molar-refractivity contribution is 0.0608. The van der Waals surface area contributed by atoms with Crippen molar-refractivity contribution in [2.24, 2.45) is 0 Å². The zero-order chi connectivity index (χ0) is 18.4. The van der Waals surface area contributed by atoms with Crippen LogP contribution in [-0.2, 0) is 6.42 Å². The Labute approximate surface area is 160 Å². The molecule has 0 bridgehead atoms. The van der Waals surface area contributed by atoms with Crippen molar-refractivity contribution in [3.63, 3.8) is 0 Å². The third kappa shape index (κ3) is 4.76. The number of hydrogen-bond donors (Lipinski definition) is 1. The standard InChI is InChI=1S/C21H26ClN3O/c1-2-19-8-3-4-13-25(19)21(26)17-10-12-24-20(15-17)23-11-9-16-6-5-7-18(22)14-16/h5-7,10,12,14-15,19H,2-4,8-9,11,13H2,1H3,(H,23,24). The largest absolute Gasteiger partial charge is 0.370 e.